The van der Waals surface area contributed by atoms with Crippen molar-refractivity contribution >= 4 is 14.0 Å². The smallest absolute Gasteiger partial charge is 0.330 e. The standard InChI is InChI=1S/C20H24O3Si/c1-15(11-12-24(3,4)5)19-17(13-18(21)22-2)14-23-20(19)16-9-7-6-8-10-16/h6-10,13,19-20H,1,14H2,2-5H3/b17-13+. The van der Waals surface area contributed by atoms with Gasteiger partial charge in [-0.25, -0.2) is 4.79 Å². The van der Waals surface area contributed by atoms with Gasteiger partial charge < -0.3 is 9.47 Å². The summed E-state index contributed by atoms with van der Waals surface area (Å²) >= 11 is 0. The molecule has 0 aromatic heterocycles. The van der Waals surface area contributed by atoms with Crippen molar-refractivity contribution in [3.05, 3.63) is 59.7 Å². The van der Waals surface area contributed by atoms with E-state index in [2.05, 4.69) is 37.7 Å². The minimum Gasteiger partial charge on any atom is -0.466 e. The molecular weight excluding hydrogens is 316 g/mol. The first-order chi connectivity index (χ1) is 11.3. The molecule has 0 N–H and O–H groups in total. The topological polar surface area (TPSA) is 35.5 Å². The summed E-state index contributed by atoms with van der Waals surface area (Å²) in [5, 5.41) is 0. The summed E-state index contributed by atoms with van der Waals surface area (Å²) < 4.78 is 10.7. The van der Waals surface area contributed by atoms with Crippen molar-refractivity contribution in [3.8, 4) is 11.5 Å². The first-order valence-corrected chi connectivity index (χ1v) is 11.5. The van der Waals surface area contributed by atoms with Crippen molar-refractivity contribution in [1.82, 2.24) is 0 Å². The van der Waals surface area contributed by atoms with Gasteiger partial charge in [-0.05, 0) is 11.1 Å². The Hall–Kier alpha value is -2.09. The largest absolute Gasteiger partial charge is 0.466 e. The first-order valence-electron chi connectivity index (χ1n) is 7.99. The molecule has 2 rings (SSSR count). The van der Waals surface area contributed by atoms with Gasteiger partial charge in [0.15, 0.2) is 0 Å². The maximum Gasteiger partial charge on any atom is 0.330 e. The highest BCUT2D eigenvalue weighted by Crippen LogP contribution is 2.41. The van der Waals surface area contributed by atoms with Crippen LogP contribution in [0, 0.1) is 17.4 Å². The molecule has 1 aliphatic rings. The van der Waals surface area contributed by atoms with Gasteiger partial charge in [0.05, 0.1) is 19.8 Å². The van der Waals surface area contributed by atoms with E-state index in [1.165, 1.54) is 13.2 Å². The Morgan fingerprint density at radius 1 is 1.33 bits per heavy atom. The Kier molecular flexibility index (Phi) is 5.82. The third-order valence-electron chi connectivity index (χ3n) is 3.74. The fourth-order valence-corrected chi connectivity index (χ4v) is 3.13. The van der Waals surface area contributed by atoms with Crippen LogP contribution in [0.25, 0.3) is 0 Å². The SMILES string of the molecule is C=C(C#C[Si](C)(C)C)C1/C(=C/C(=O)OC)COC1c1ccccc1. The summed E-state index contributed by atoms with van der Waals surface area (Å²) in [6.07, 6.45) is 1.33. The van der Waals surface area contributed by atoms with E-state index in [1.807, 2.05) is 30.3 Å². The molecule has 0 aliphatic carbocycles. The Morgan fingerprint density at radius 2 is 2.00 bits per heavy atom. The summed E-state index contributed by atoms with van der Waals surface area (Å²) in [7, 11) is -0.133. The maximum absolute atomic E-state index is 11.7. The summed E-state index contributed by atoms with van der Waals surface area (Å²) in [5.41, 5.74) is 6.07. The quantitative estimate of drug-likeness (QED) is 0.362. The summed E-state index contributed by atoms with van der Waals surface area (Å²) in [6, 6.07) is 9.98. The highest BCUT2D eigenvalue weighted by molar-refractivity contribution is 6.83. The molecular formula is C20H24O3Si. The van der Waals surface area contributed by atoms with E-state index >= 15 is 0 Å². The number of hydrogen-bond donors (Lipinski definition) is 0. The van der Waals surface area contributed by atoms with E-state index in [-0.39, 0.29) is 18.0 Å². The summed E-state index contributed by atoms with van der Waals surface area (Å²) in [5.74, 6) is 2.72. The Labute approximate surface area is 145 Å². The van der Waals surface area contributed by atoms with Crippen molar-refractivity contribution in [2.75, 3.05) is 13.7 Å². The average Bonchev–Trinajstić information content (AvgIpc) is 2.96. The number of rotatable bonds is 3. The molecule has 4 heteroatoms. The van der Waals surface area contributed by atoms with E-state index in [4.69, 9.17) is 9.47 Å². The van der Waals surface area contributed by atoms with E-state index < -0.39 is 8.07 Å². The van der Waals surface area contributed by atoms with Gasteiger partial charge >= 0.3 is 5.97 Å². The molecule has 0 saturated carbocycles. The van der Waals surface area contributed by atoms with Crippen molar-refractivity contribution in [2.24, 2.45) is 5.92 Å². The van der Waals surface area contributed by atoms with Gasteiger partial charge in [-0.3, -0.25) is 0 Å². The van der Waals surface area contributed by atoms with E-state index in [0.717, 1.165) is 16.7 Å². The maximum atomic E-state index is 11.7. The zero-order chi connectivity index (χ0) is 17.7. The molecule has 2 unspecified atom stereocenters. The number of carbonyl (C=O) groups excluding carboxylic acids is 1. The highest BCUT2D eigenvalue weighted by atomic mass is 28.3. The number of esters is 1. The Morgan fingerprint density at radius 3 is 2.58 bits per heavy atom. The Balaban J connectivity index is 2.38. The van der Waals surface area contributed by atoms with Crippen molar-refractivity contribution in [3.63, 3.8) is 0 Å². The molecule has 1 aromatic carbocycles. The average molecular weight is 340 g/mol. The van der Waals surface area contributed by atoms with E-state index in [0.29, 0.717) is 6.61 Å². The van der Waals surface area contributed by atoms with Crippen LogP contribution in [0.15, 0.2) is 54.1 Å². The van der Waals surface area contributed by atoms with Crippen LogP contribution >= 0.6 is 0 Å². The monoisotopic (exact) mass is 340 g/mol. The first kappa shape index (κ1) is 18.2. The van der Waals surface area contributed by atoms with Crippen LogP contribution in [-0.2, 0) is 14.3 Å². The second kappa shape index (κ2) is 7.65. The summed E-state index contributed by atoms with van der Waals surface area (Å²) in [6.45, 7) is 11.1. The molecule has 126 valence electrons. The summed E-state index contributed by atoms with van der Waals surface area (Å²) in [4.78, 5) is 11.7. The second-order valence-corrected chi connectivity index (χ2v) is 11.6. The molecule has 0 amide bonds. The van der Waals surface area contributed by atoms with Gasteiger partial charge in [0, 0.05) is 17.6 Å². The predicted octanol–water partition coefficient (Wildman–Crippen LogP) is 3.91. The van der Waals surface area contributed by atoms with E-state index in [9.17, 15) is 4.79 Å². The van der Waals surface area contributed by atoms with Gasteiger partial charge in [-0.15, -0.1) is 5.54 Å². The Bertz CT molecular complexity index is 702. The van der Waals surface area contributed by atoms with Gasteiger partial charge in [0.25, 0.3) is 0 Å². The highest BCUT2D eigenvalue weighted by Gasteiger charge is 2.35. The number of hydrogen-bond acceptors (Lipinski definition) is 3. The molecule has 24 heavy (non-hydrogen) atoms. The van der Waals surface area contributed by atoms with Crippen molar-refractivity contribution < 1.29 is 14.3 Å². The van der Waals surface area contributed by atoms with Crippen molar-refractivity contribution in [2.45, 2.75) is 25.7 Å². The van der Waals surface area contributed by atoms with Crippen LogP contribution in [0.1, 0.15) is 11.7 Å². The molecule has 1 aromatic rings. The molecule has 1 aliphatic heterocycles. The zero-order valence-electron chi connectivity index (χ0n) is 14.8. The second-order valence-electron chi connectivity index (χ2n) is 6.89. The number of ether oxygens (including phenoxy) is 2. The minimum atomic E-state index is -1.51. The normalized spacial score (nSPS) is 21.9. The molecule has 2 atom stereocenters. The van der Waals surface area contributed by atoms with E-state index in [1.54, 1.807) is 0 Å². The third-order valence-corrected chi connectivity index (χ3v) is 4.61. The van der Waals surface area contributed by atoms with Gasteiger partial charge in [0.1, 0.15) is 8.07 Å². The molecule has 0 spiro atoms. The van der Waals surface area contributed by atoms with Gasteiger partial charge in [-0.2, -0.15) is 0 Å². The van der Waals surface area contributed by atoms with Crippen LogP contribution in [0.4, 0.5) is 0 Å². The van der Waals surface area contributed by atoms with Crippen LogP contribution in [0.5, 0.6) is 0 Å². The lowest BCUT2D eigenvalue weighted by Gasteiger charge is -2.19. The number of carbonyl (C=O) groups is 1. The van der Waals surface area contributed by atoms with Crippen LogP contribution in [-0.4, -0.2) is 27.8 Å². The van der Waals surface area contributed by atoms with Crippen molar-refractivity contribution in [1.29, 1.82) is 0 Å². The number of methoxy groups -OCH3 is 1. The predicted molar refractivity (Wildman–Crippen MR) is 99.0 cm³/mol. The zero-order valence-corrected chi connectivity index (χ0v) is 15.8. The van der Waals surface area contributed by atoms with Crippen LogP contribution < -0.4 is 0 Å². The molecule has 1 heterocycles. The molecule has 1 fully saturated rings. The lowest BCUT2D eigenvalue weighted by molar-refractivity contribution is -0.134. The fourth-order valence-electron chi connectivity index (χ4n) is 2.59. The third kappa shape index (κ3) is 4.70. The molecule has 3 nitrogen and oxygen atoms in total. The lowest BCUT2D eigenvalue weighted by atomic mass is 9.86. The lowest BCUT2D eigenvalue weighted by Crippen LogP contribution is -2.17. The van der Waals surface area contributed by atoms with Gasteiger partial charge in [-0.1, -0.05) is 62.5 Å². The molecule has 1 saturated heterocycles. The number of benzene rings is 1. The van der Waals surface area contributed by atoms with Crippen LogP contribution in [0.2, 0.25) is 19.6 Å². The van der Waals surface area contributed by atoms with Gasteiger partial charge in [0.2, 0.25) is 0 Å². The molecule has 0 radical (unpaired) electrons. The molecule has 0 bridgehead atoms. The fraction of sp³-hybridized carbons (Fsp3) is 0.350. The van der Waals surface area contributed by atoms with Crippen LogP contribution in [0.3, 0.4) is 0 Å². The minimum absolute atomic E-state index is 0.129.